The molecule has 0 amide bonds. The first-order chi connectivity index (χ1) is 8.14. The average molecular weight is 237 g/mol. The SMILES string of the molecule is CC1CC(CN)(N(CC2CC2)C2CC2)CN1C. The number of nitrogens with zero attached hydrogens (tertiary/aromatic N) is 2. The highest BCUT2D eigenvalue weighted by molar-refractivity contribution is 5.07. The Hall–Kier alpha value is -0.120. The Morgan fingerprint density at radius 1 is 1.29 bits per heavy atom. The zero-order chi connectivity index (χ0) is 12.0. The van der Waals surface area contributed by atoms with Crippen molar-refractivity contribution in [3.05, 3.63) is 0 Å². The molecule has 2 aliphatic carbocycles. The maximum atomic E-state index is 6.19. The highest BCUT2D eigenvalue weighted by atomic mass is 15.3. The van der Waals surface area contributed by atoms with Crippen LogP contribution in [-0.4, -0.2) is 54.1 Å². The van der Waals surface area contributed by atoms with Gasteiger partial charge in [0.15, 0.2) is 0 Å². The molecule has 0 radical (unpaired) electrons. The molecule has 2 unspecified atom stereocenters. The quantitative estimate of drug-likeness (QED) is 0.782. The summed E-state index contributed by atoms with van der Waals surface area (Å²) in [6.45, 7) is 5.68. The second kappa shape index (κ2) is 4.22. The molecule has 17 heavy (non-hydrogen) atoms. The number of hydrogen-bond acceptors (Lipinski definition) is 3. The van der Waals surface area contributed by atoms with E-state index in [0.717, 1.165) is 18.5 Å². The Balaban J connectivity index is 1.76. The Morgan fingerprint density at radius 3 is 2.41 bits per heavy atom. The summed E-state index contributed by atoms with van der Waals surface area (Å²) >= 11 is 0. The van der Waals surface area contributed by atoms with Gasteiger partial charge in [0.1, 0.15) is 0 Å². The molecule has 3 aliphatic rings. The van der Waals surface area contributed by atoms with Crippen molar-refractivity contribution in [2.45, 2.75) is 56.7 Å². The maximum Gasteiger partial charge on any atom is 0.0476 e. The lowest BCUT2D eigenvalue weighted by atomic mass is 9.93. The fourth-order valence-electron chi connectivity index (χ4n) is 3.56. The summed E-state index contributed by atoms with van der Waals surface area (Å²) in [4.78, 5) is 5.31. The summed E-state index contributed by atoms with van der Waals surface area (Å²) in [5, 5.41) is 0. The molecule has 2 atom stereocenters. The third-order valence-corrected chi connectivity index (χ3v) is 5.10. The fourth-order valence-corrected chi connectivity index (χ4v) is 3.56. The third kappa shape index (κ3) is 2.25. The summed E-state index contributed by atoms with van der Waals surface area (Å²) in [5.74, 6) is 0.986. The summed E-state index contributed by atoms with van der Waals surface area (Å²) < 4.78 is 0. The van der Waals surface area contributed by atoms with Gasteiger partial charge in [-0.3, -0.25) is 4.90 Å². The lowest BCUT2D eigenvalue weighted by Gasteiger charge is -2.41. The summed E-state index contributed by atoms with van der Waals surface area (Å²) in [5.41, 5.74) is 6.48. The van der Waals surface area contributed by atoms with Crippen molar-refractivity contribution in [3.8, 4) is 0 Å². The van der Waals surface area contributed by atoms with Gasteiger partial charge in [0.05, 0.1) is 0 Å². The van der Waals surface area contributed by atoms with Gasteiger partial charge < -0.3 is 10.6 Å². The third-order valence-electron chi connectivity index (χ3n) is 5.10. The van der Waals surface area contributed by atoms with E-state index in [1.807, 2.05) is 0 Å². The molecule has 0 bridgehead atoms. The number of likely N-dealkylation sites (tertiary alicyclic amines) is 1. The van der Waals surface area contributed by atoms with Crippen LogP contribution in [0.1, 0.15) is 39.0 Å². The second-order valence-corrected chi connectivity index (χ2v) is 6.72. The van der Waals surface area contributed by atoms with Gasteiger partial charge in [0.2, 0.25) is 0 Å². The first-order valence-corrected chi connectivity index (χ1v) is 7.32. The van der Waals surface area contributed by atoms with Crippen LogP contribution < -0.4 is 5.73 Å². The van der Waals surface area contributed by atoms with Crippen LogP contribution in [0.5, 0.6) is 0 Å². The molecule has 0 aromatic heterocycles. The maximum absolute atomic E-state index is 6.19. The molecule has 98 valence electrons. The number of hydrogen-bond donors (Lipinski definition) is 1. The topological polar surface area (TPSA) is 32.5 Å². The molecule has 1 heterocycles. The summed E-state index contributed by atoms with van der Waals surface area (Å²) in [6.07, 6.45) is 6.99. The Labute approximate surface area is 105 Å². The van der Waals surface area contributed by atoms with Gasteiger partial charge in [0, 0.05) is 37.3 Å². The normalized spacial score (nSPS) is 39.2. The van der Waals surface area contributed by atoms with E-state index in [0.29, 0.717) is 6.04 Å². The smallest absolute Gasteiger partial charge is 0.0476 e. The number of nitrogens with two attached hydrogens (primary N) is 1. The minimum absolute atomic E-state index is 0.290. The van der Waals surface area contributed by atoms with Gasteiger partial charge in [-0.1, -0.05) is 0 Å². The van der Waals surface area contributed by atoms with Crippen LogP contribution in [-0.2, 0) is 0 Å². The molecule has 2 N–H and O–H groups in total. The van der Waals surface area contributed by atoms with E-state index < -0.39 is 0 Å². The van der Waals surface area contributed by atoms with Crippen LogP contribution in [0.3, 0.4) is 0 Å². The summed E-state index contributed by atoms with van der Waals surface area (Å²) in [7, 11) is 2.25. The van der Waals surface area contributed by atoms with Gasteiger partial charge in [-0.15, -0.1) is 0 Å². The van der Waals surface area contributed by atoms with E-state index in [1.54, 1.807) is 0 Å². The number of rotatable bonds is 5. The van der Waals surface area contributed by atoms with Crippen LogP contribution in [0.2, 0.25) is 0 Å². The lowest BCUT2D eigenvalue weighted by Crippen LogP contribution is -2.57. The van der Waals surface area contributed by atoms with Crippen LogP contribution >= 0.6 is 0 Å². The van der Waals surface area contributed by atoms with Crippen LogP contribution in [0.15, 0.2) is 0 Å². The van der Waals surface area contributed by atoms with Crippen molar-refractivity contribution in [1.82, 2.24) is 9.80 Å². The standard InChI is InChI=1S/C14H27N3/c1-11-7-14(9-15,10-16(11)2)17(13-5-6-13)8-12-3-4-12/h11-13H,3-10,15H2,1-2H3. The zero-order valence-electron chi connectivity index (χ0n) is 11.4. The van der Waals surface area contributed by atoms with Gasteiger partial charge >= 0.3 is 0 Å². The molecule has 2 saturated carbocycles. The first kappa shape index (κ1) is 11.9. The molecule has 3 heteroatoms. The van der Waals surface area contributed by atoms with E-state index in [4.69, 9.17) is 5.73 Å². The monoisotopic (exact) mass is 237 g/mol. The van der Waals surface area contributed by atoms with E-state index >= 15 is 0 Å². The van der Waals surface area contributed by atoms with Crippen LogP contribution in [0, 0.1) is 5.92 Å². The second-order valence-electron chi connectivity index (χ2n) is 6.72. The molecular weight excluding hydrogens is 210 g/mol. The average Bonchev–Trinajstić information content (AvgIpc) is 3.17. The Bertz CT molecular complexity index is 273. The molecule has 1 aliphatic heterocycles. The molecule has 3 fully saturated rings. The molecular formula is C14H27N3. The van der Waals surface area contributed by atoms with Gasteiger partial charge in [-0.2, -0.15) is 0 Å². The van der Waals surface area contributed by atoms with Crippen molar-refractivity contribution >= 4 is 0 Å². The van der Waals surface area contributed by atoms with Crippen molar-refractivity contribution in [3.63, 3.8) is 0 Å². The number of likely N-dealkylation sites (N-methyl/N-ethyl adjacent to an activating group) is 1. The van der Waals surface area contributed by atoms with E-state index in [9.17, 15) is 0 Å². The zero-order valence-corrected chi connectivity index (χ0v) is 11.4. The van der Waals surface area contributed by atoms with Crippen molar-refractivity contribution in [2.24, 2.45) is 11.7 Å². The molecule has 3 rings (SSSR count). The largest absolute Gasteiger partial charge is 0.329 e. The highest BCUT2D eigenvalue weighted by Gasteiger charge is 2.49. The van der Waals surface area contributed by atoms with Gasteiger partial charge in [-0.05, 0) is 52.0 Å². The Kier molecular flexibility index (Phi) is 2.96. The molecule has 3 nitrogen and oxygen atoms in total. The molecule has 1 saturated heterocycles. The highest BCUT2D eigenvalue weighted by Crippen LogP contribution is 2.42. The fraction of sp³-hybridized carbons (Fsp3) is 1.00. The van der Waals surface area contributed by atoms with E-state index in [-0.39, 0.29) is 5.54 Å². The van der Waals surface area contributed by atoms with E-state index in [1.165, 1.54) is 45.2 Å². The van der Waals surface area contributed by atoms with Crippen LogP contribution in [0.25, 0.3) is 0 Å². The molecule has 0 aromatic rings. The van der Waals surface area contributed by atoms with Gasteiger partial charge in [-0.25, -0.2) is 0 Å². The van der Waals surface area contributed by atoms with Crippen molar-refractivity contribution in [2.75, 3.05) is 26.7 Å². The molecule has 0 aromatic carbocycles. The minimum Gasteiger partial charge on any atom is -0.329 e. The predicted molar refractivity (Wildman–Crippen MR) is 70.9 cm³/mol. The van der Waals surface area contributed by atoms with Crippen molar-refractivity contribution < 1.29 is 0 Å². The minimum atomic E-state index is 0.290. The first-order valence-electron chi connectivity index (χ1n) is 7.32. The summed E-state index contributed by atoms with van der Waals surface area (Å²) in [6, 6.07) is 1.55. The molecule has 0 spiro atoms. The van der Waals surface area contributed by atoms with Crippen LogP contribution in [0.4, 0.5) is 0 Å². The predicted octanol–water partition coefficient (Wildman–Crippen LogP) is 1.28. The van der Waals surface area contributed by atoms with E-state index in [2.05, 4.69) is 23.8 Å². The van der Waals surface area contributed by atoms with Crippen molar-refractivity contribution in [1.29, 1.82) is 0 Å². The van der Waals surface area contributed by atoms with Gasteiger partial charge in [0.25, 0.3) is 0 Å². The lowest BCUT2D eigenvalue weighted by molar-refractivity contribution is 0.0867. The Morgan fingerprint density at radius 2 is 2.00 bits per heavy atom.